The number of sulfonamides is 1. The van der Waals surface area contributed by atoms with Crippen molar-refractivity contribution in [3.05, 3.63) is 21.9 Å². The molecular weight excluding hydrogens is 296 g/mol. The van der Waals surface area contributed by atoms with Crippen LogP contribution in [-0.2, 0) is 21.3 Å². The quantitative estimate of drug-likeness (QED) is 0.800. The molecule has 110 valence electrons. The van der Waals surface area contributed by atoms with Crippen LogP contribution in [0.2, 0.25) is 0 Å². The lowest BCUT2D eigenvalue weighted by Crippen LogP contribution is -2.37. The largest absolute Gasteiger partial charge is 0.381 e. The Hall–Kier alpha value is -0.910. The Balaban J connectivity index is 1.92. The molecular formula is C13H18N2O3S2. The summed E-state index contributed by atoms with van der Waals surface area (Å²) in [5, 5.41) is 1.56. The van der Waals surface area contributed by atoms with Crippen molar-refractivity contribution in [1.29, 1.82) is 0 Å². The van der Waals surface area contributed by atoms with Crippen molar-refractivity contribution in [3.63, 3.8) is 0 Å². The van der Waals surface area contributed by atoms with E-state index in [4.69, 9.17) is 10.5 Å². The second kappa shape index (κ2) is 7.20. The molecule has 1 aromatic heterocycles. The molecule has 0 unspecified atom stereocenters. The summed E-state index contributed by atoms with van der Waals surface area (Å²) in [6.07, 6.45) is 1.12. The molecule has 1 aromatic rings. The highest BCUT2D eigenvalue weighted by molar-refractivity contribution is 7.90. The number of rotatable bonds is 4. The van der Waals surface area contributed by atoms with Crippen LogP contribution in [0.25, 0.3) is 0 Å². The number of nitrogens with two attached hydrogens (primary N) is 1. The maximum absolute atomic E-state index is 12.1. The summed E-state index contributed by atoms with van der Waals surface area (Å²) in [7, 11) is -3.27. The monoisotopic (exact) mass is 314 g/mol. The van der Waals surface area contributed by atoms with Crippen LogP contribution in [0.5, 0.6) is 0 Å². The Labute approximate surface area is 123 Å². The van der Waals surface area contributed by atoms with Gasteiger partial charge in [0, 0.05) is 35.6 Å². The summed E-state index contributed by atoms with van der Waals surface area (Å²) in [5.74, 6) is 5.70. The molecule has 0 spiro atoms. The summed E-state index contributed by atoms with van der Waals surface area (Å²) in [6, 6.07) is 1.89. The van der Waals surface area contributed by atoms with Crippen LogP contribution >= 0.6 is 11.3 Å². The van der Waals surface area contributed by atoms with E-state index in [1.54, 1.807) is 0 Å². The second-order valence-corrected chi connectivity index (χ2v) is 7.53. The molecule has 0 aromatic carbocycles. The third-order valence-corrected chi connectivity index (χ3v) is 5.88. The minimum atomic E-state index is -3.27. The highest BCUT2D eigenvalue weighted by Gasteiger charge is 2.27. The summed E-state index contributed by atoms with van der Waals surface area (Å²) >= 11 is 1.49. The molecule has 2 heterocycles. The highest BCUT2D eigenvalue weighted by Crippen LogP contribution is 2.17. The molecule has 2 rings (SSSR count). The minimum Gasteiger partial charge on any atom is -0.381 e. The summed E-state index contributed by atoms with van der Waals surface area (Å²) < 4.78 is 32.1. The van der Waals surface area contributed by atoms with Crippen LogP contribution in [-0.4, -0.2) is 33.4 Å². The Morgan fingerprint density at radius 3 is 2.90 bits per heavy atom. The van der Waals surface area contributed by atoms with E-state index in [1.165, 1.54) is 11.3 Å². The van der Waals surface area contributed by atoms with E-state index >= 15 is 0 Å². The molecule has 0 bridgehead atoms. The zero-order valence-electron chi connectivity index (χ0n) is 11.1. The van der Waals surface area contributed by atoms with Crippen LogP contribution in [0, 0.1) is 11.8 Å². The Kier molecular flexibility index (Phi) is 5.57. The molecule has 1 fully saturated rings. The first-order valence-corrected chi connectivity index (χ1v) is 8.87. The van der Waals surface area contributed by atoms with Gasteiger partial charge in [-0.1, -0.05) is 11.8 Å². The van der Waals surface area contributed by atoms with Gasteiger partial charge in [0.1, 0.15) is 0 Å². The summed E-state index contributed by atoms with van der Waals surface area (Å²) in [6.45, 7) is 1.67. The average Bonchev–Trinajstić information content (AvgIpc) is 2.92. The van der Waals surface area contributed by atoms with Crippen molar-refractivity contribution in [1.82, 2.24) is 4.72 Å². The highest BCUT2D eigenvalue weighted by atomic mass is 32.2. The summed E-state index contributed by atoms with van der Waals surface area (Å²) in [5.41, 5.74) is 6.19. The van der Waals surface area contributed by atoms with Gasteiger partial charge >= 0.3 is 0 Å². The molecule has 5 nitrogen and oxygen atoms in total. The van der Waals surface area contributed by atoms with Crippen LogP contribution in [0.15, 0.2) is 11.4 Å². The van der Waals surface area contributed by atoms with Crippen molar-refractivity contribution in [2.24, 2.45) is 5.73 Å². The average molecular weight is 314 g/mol. The van der Waals surface area contributed by atoms with Gasteiger partial charge in [0.15, 0.2) is 0 Å². The van der Waals surface area contributed by atoms with Gasteiger partial charge in [-0.05, 0) is 18.9 Å². The maximum Gasteiger partial charge on any atom is 0.214 e. The van der Waals surface area contributed by atoms with Crippen molar-refractivity contribution < 1.29 is 13.2 Å². The van der Waals surface area contributed by atoms with E-state index < -0.39 is 10.0 Å². The number of hydrogen-bond donors (Lipinski definition) is 2. The Bertz CT molecular complexity index is 593. The predicted molar refractivity (Wildman–Crippen MR) is 79.9 cm³/mol. The van der Waals surface area contributed by atoms with Crippen LogP contribution in [0.4, 0.5) is 0 Å². The van der Waals surface area contributed by atoms with E-state index in [-0.39, 0.29) is 5.25 Å². The van der Waals surface area contributed by atoms with Gasteiger partial charge in [-0.25, -0.2) is 13.1 Å². The third-order valence-electron chi connectivity index (χ3n) is 3.04. The zero-order valence-corrected chi connectivity index (χ0v) is 12.7. The van der Waals surface area contributed by atoms with Crippen molar-refractivity contribution >= 4 is 21.4 Å². The lowest BCUT2D eigenvalue weighted by molar-refractivity contribution is 0.0981. The molecule has 1 aliphatic rings. The standard InChI is InChI=1S/C13H18N2O3S2/c14-5-1-2-11-8-12(19-10-11)9-15-20(16,17)13-3-6-18-7-4-13/h8,10,13,15H,3-7,9,14H2. The number of thiophene rings is 1. The van der Waals surface area contributed by atoms with Gasteiger partial charge in [-0.2, -0.15) is 0 Å². The smallest absolute Gasteiger partial charge is 0.214 e. The number of hydrogen-bond acceptors (Lipinski definition) is 5. The van der Waals surface area contributed by atoms with Crippen molar-refractivity contribution in [2.45, 2.75) is 24.6 Å². The zero-order chi connectivity index (χ0) is 14.4. The van der Waals surface area contributed by atoms with E-state index in [0.29, 0.717) is 39.1 Å². The Morgan fingerprint density at radius 2 is 2.20 bits per heavy atom. The number of nitrogens with one attached hydrogen (secondary N) is 1. The molecule has 0 aliphatic carbocycles. The van der Waals surface area contributed by atoms with E-state index in [9.17, 15) is 8.42 Å². The van der Waals surface area contributed by atoms with Gasteiger partial charge < -0.3 is 10.5 Å². The normalized spacial score (nSPS) is 16.6. The molecule has 3 N–H and O–H groups in total. The van der Waals surface area contributed by atoms with Crippen molar-refractivity contribution in [3.8, 4) is 11.8 Å². The lowest BCUT2D eigenvalue weighted by atomic mass is 10.2. The molecule has 0 amide bonds. The predicted octanol–water partition coefficient (Wildman–Crippen LogP) is 0.657. The fourth-order valence-electron chi connectivity index (χ4n) is 1.97. The second-order valence-electron chi connectivity index (χ2n) is 4.49. The van der Waals surface area contributed by atoms with Crippen LogP contribution < -0.4 is 10.5 Å². The first-order chi connectivity index (χ1) is 9.62. The van der Waals surface area contributed by atoms with Gasteiger partial charge in [0.2, 0.25) is 10.0 Å². The fourth-order valence-corrected chi connectivity index (χ4v) is 4.22. The molecule has 1 saturated heterocycles. The van der Waals surface area contributed by atoms with E-state index in [2.05, 4.69) is 16.6 Å². The van der Waals surface area contributed by atoms with Gasteiger partial charge in [-0.3, -0.25) is 0 Å². The van der Waals surface area contributed by atoms with E-state index in [1.807, 2.05) is 11.4 Å². The molecule has 20 heavy (non-hydrogen) atoms. The van der Waals surface area contributed by atoms with Gasteiger partial charge in [-0.15, -0.1) is 11.3 Å². The maximum atomic E-state index is 12.1. The first-order valence-electron chi connectivity index (χ1n) is 6.44. The van der Waals surface area contributed by atoms with Gasteiger partial charge in [0.05, 0.1) is 11.8 Å². The fraction of sp³-hybridized carbons (Fsp3) is 0.538. The molecule has 0 saturated carbocycles. The molecule has 0 atom stereocenters. The molecule has 0 radical (unpaired) electrons. The third kappa shape index (κ3) is 4.30. The van der Waals surface area contributed by atoms with Crippen LogP contribution in [0.1, 0.15) is 23.3 Å². The first kappa shape index (κ1) is 15.5. The Morgan fingerprint density at radius 1 is 1.45 bits per heavy atom. The lowest BCUT2D eigenvalue weighted by Gasteiger charge is -2.22. The van der Waals surface area contributed by atoms with E-state index in [0.717, 1.165) is 10.4 Å². The number of ether oxygens (including phenoxy) is 1. The summed E-state index contributed by atoms with van der Waals surface area (Å²) in [4.78, 5) is 0.946. The SMILES string of the molecule is NCC#Cc1csc(CNS(=O)(=O)C2CCOCC2)c1. The van der Waals surface area contributed by atoms with Crippen LogP contribution in [0.3, 0.4) is 0 Å². The molecule has 1 aliphatic heterocycles. The van der Waals surface area contributed by atoms with Crippen molar-refractivity contribution in [2.75, 3.05) is 19.8 Å². The minimum absolute atomic E-state index is 0.314. The molecule has 7 heteroatoms. The topological polar surface area (TPSA) is 81.4 Å². The van der Waals surface area contributed by atoms with Gasteiger partial charge in [0.25, 0.3) is 0 Å².